The molecule has 0 saturated carbocycles. The Morgan fingerprint density at radius 1 is 1.00 bits per heavy atom. The summed E-state index contributed by atoms with van der Waals surface area (Å²) in [4.78, 5) is 0. The summed E-state index contributed by atoms with van der Waals surface area (Å²) in [5, 5.41) is 0. The van der Waals surface area contributed by atoms with Crippen molar-refractivity contribution in [2.24, 2.45) is 0 Å². The van der Waals surface area contributed by atoms with Crippen LogP contribution in [0, 0.1) is 0 Å². The molecule has 0 aromatic heterocycles. The molecule has 0 nitrogen and oxygen atoms in total. The summed E-state index contributed by atoms with van der Waals surface area (Å²) in [5.41, 5.74) is 0. The van der Waals surface area contributed by atoms with Crippen LogP contribution in [0.5, 0.6) is 0 Å². The van der Waals surface area contributed by atoms with Gasteiger partial charge in [-0.25, -0.2) is 0 Å². The van der Waals surface area contributed by atoms with Gasteiger partial charge in [0.2, 0.25) is 0 Å². The van der Waals surface area contributed by atoms with Crippen LogP contribution in [-0.2, 0) is 0 Å². The van der Waals surface area contributed by atoms with Gasteiger partial charge in [0, 0.05) is 0 Å². The molecule has 0 saturated heterocycles. The van der Waals surface area contributed by atoms with Gasteiger partial charge in [-0.05, 0) is 0 Å². The molecule has 0 fully saturated rings. The van der Waals surface area contributed by atoms with Gasteiger partial charge < -0.3 is 24.8 Å². The minimum absolute atomic E-state index is 0. The van der Waals surface area contributed by atoms with Crippen molar-refractivity contribution in [2.45, 2.75) is 25.0 Å². The van der Waals surface area contributed by atoms with E-state index in [-0.39, 0.29) is 24.8 Å². The Morgan fingerprint density at radius 3 is 1.00 bits per heavy atom. The van der Waals surface area contributed by atoms with E-state index in [1.54, 1.807) is 0 Å². The fourth-order valence-corrected chi connectivity index (χ4v) is 0. The number of hydrogen-bond acceptors (Lipinski definition) is 0. The largest absolute Gasteiger partial charge is 1.00 e. The zero-order valence-corrected chi connectivity index (χ0v) is 7.50. The van der Waals surface area contributed by atoms with Crippen molar-refractivity contribution in [3.63, 3.8) is 0 Å². The molecule has 7 heavy (non-hydrogen) atoms. The summed E-state index contributed by atoms with van der Waals surface area (Å²) >= 11 is 2.72. The maximum atomic E-state index is 2.72. The first-order chi connectivity index (χ1) is 2.00. The smallest absolute Gasteiger partial charge is 1.00 e. The van der Waals surface area contributed by atoms with Crippen molar-refractivity contribution < 1.29 is 24.8 Å². The Kier molecular flexibility index (Phi) is 11.8. The van der Waals surface area contributed by atoms with E-state index in [1.807, 2.05) is 0 Å². The molecular formula is C4H9AlCl2. The Bertz CT molecular complexity index is 25.2. The summed E-state index contributed by atoms with van der Waals surface area (Å²) < 4.78 is 0.417. The van der Waals surface area contributed by atoms with E-state index in [1.165, 1.54) is 0 Å². The molecule has 0 spiro atoms. The van der Waals surface area contributed by atoms with Gasteiger partial charge in [0.1, 0.15) is 0 Å². The molecule has 0 radical (unpaired) electrons. The monoisotopic (exact) mass is 154 g/mol. The first kappa shape index (κ1) is 15.7. The first-order valence-electron chi connectivity index (χ1n) is 1.79. The number of halogens is 2. The molecule has 0 rings (SSSR count). The zero-order chi connectivity index (χ0) is 4.50. The Balaban J connectivity index is -0.0000000800. The van der Waals surface area contributed by atoms with Crippen LogP contribution in [0.4, 0.5) is 0 Å². The molecule has 0 aromatic carbocycles. The fourth-order valence-electron chi connectivity index (χ4n) is 0. The SMILES string of the molecule is C[C](C)(C)[Al+2].[Cl-].[Cl-]. The van der Waals surface area contributed by atoms with Gasteiger partial charge in [-0.2, -0.15) is 0 Å². The normalized spacial score (nSPS) is 8.71. The molecule has 0 aliphatic rings. The van der Waals surface area contributed by atoms with E-state index in [2.05, 4.69) is 37.1 Å². The van der Waals surface area contributed by atoms with Gasteiger partial charge in [0.25, 0.3) is 0 Å². The van der Waals surface area contributed by atoms with Crippen LogP contribution >= 0.6 is 0 Å². The third-order valence-electron chi connectivity index (χ3n) is 0. The van der Waals surface area contributed by atoms with E-state index in [0.29, 0.717) is 4.28 Å². The van der Waals surface area contributed by atoms with Crippen LogP contribution in [0.15, 0.2) is 0 Å². The molecule has 42 valence electrons. The van der Waals surface area contributed by atoms with Crippen molar-refractivity contribution in [2.75, 3.05) is 0 Å². The van der Waals surface area contributed by atoms with Crippen molar-refractivity contribution in [1.29, 1.82) is 0 Å². The van der Waals surface area contributed by atoms with Gasteiger partial charge in [-0.3, -0.25) is 0 Å². The minimum atomic E-state index is 0. The Hall–Kier alpha value is 1.11. The van der Waals surface area contributed by atoms with E-state index in [4.69, 9.17) is 0 Å². The average molecular weight is 155 g/mol. The molecule has 3 heteroatoms. The second kappa shape index (κ2) is 5.25. The van der Waals surface area contributed by atoms with Crippen LogP contribution in [0.25, 0.3) is 0 Å². The topological polar surface area (TPSA) is 0 Å². The third-order valence-corrected chi connectivity index (χ3v) is 0. The van der Waals surface area contributed by atoms with Crippen molar-refractivity contribution in [1.82, 2.24) is 0 Å². The van der Waals surface area contributed by atoms with Crippen LogP contribution < -0.4 is 24.8 Å². The van der Waals surface area contributed by atoms with Crippen LogP contribution in [0.1, 0.15) is 20.8 Å². The molecule has 0 unspecified atom stereocenters. The minimum Gasteiger partial charge on any atom is -1.00 e. The van der Waals surface area contributed by atoms with Gasteiger partial charge in [-0.1, -0.05) is 0 Å². The predicted octanol–water partition coefficient (Wildman–Crippen LogP) is -4.62. The van der Waals surface area contributed by atoms with Gasteiger partial charge in [0.15, 0.2) is 0 Å². The summed E-state index contributed by atoms with van der Waals surface area (Å²) in [6, 6.07) is 0. The van der Waals surface area contributed by atoms with Crippen LogP contribution in [0.2, 0.25) is 4.28 Å². The van der Waals surface area contributed by atoms with E-state index < -0.39 is 0 Å². The van der Waals surface area contributed by atoms with Crippen molar-refractivity contribution in [3.05, 3.63) is 0 Å². The van der Waals surface area contributed by atoms with Crippen LogP contribution in [0.3, 0.4) is 0 Å². The van der Waals surface area contributed by atoms with Crippen molar-refractivity contribution >= 4 is 16.3 Å². The summed E-state index contributed by atoms with van der Waals surface area (Å²) in [5.74, 6) is 0. The second-order valence-electron chi connectivity index (χ2n) is 2.37. The molecule has 0 heterocycles. The predicted molar refractivity (Wildman–Crippen MR) is 25.5 cm³/mol. The molecule has 0 N–H and O–H groups in total. The Labute approximate surface area is 66.3 Å². The molecule has 0 amide bonds. The molecule has 0 aliphatic carbocycles. The van der Waals surface area contributed by atoms with E-state index in [9.17, 15) is 0 Å². The zero-order valence-electron chi connectivity index (χ0n) is 4.83. The van der Waals surface area contributed by atoms with Crippen LogP contribution in [-0.4, -0.2) is 16.3 Å². The molecular weight excluding hydrogens is 146 g/mol. The Morgan fingerprint density at radius 2 is 1.00 bits per heavy atom. The summed E-state index contributed by atoms with van der Waals surface area (Å²) in [7, 11) is 0. The maximum Gasteiger partial charge on any atom is -1.00 e. The van der Waals surface area contributed by atoms with E-state index in [0.717, 1.165) is 0 Å². The molecule has 0 aliphatic heterocycles. The standard InChI is InChI=1S/C4H9.Al.2ClH/c1-4(2)3;;;/h1-3H3;;2*1H/q;+2;;/p-2. The molecule has 0 atom stereocenters. The number of hydrogen-bond donors (Lipinski definition) is 0. The van der Waals surface area contributed by atoms with Gasteiger partial charge in [-0.15, -0.1) is 0 Å². The quantitative estimate of drug-likeness (QED) is 0.309. The van der Waals surface area contributed by atoms with Gasteiger partial charge >= 0.3 is 41.3 Å². The van der Waals surface area contributed by atoms with E-state index >= 15 is 0 Å². The molecule has 0 bridgehead atoms. The first-order valence-corrected chi connectivity index (χ1v) is 2.37. The van der Waals surface area contributed by atoms with Crippen molar-refractivity contribution in [3.8, 4) is 0 Å². The summed E-state index contributed by atoms with van der Waals surface area (Å²) in [6.45, 7) is 6.45. The maximum absolute atomic E-state index is 2.72. The molecule has 0 aromatic rings. The third kappa shape index (κ3) is 150. The second-order valence-corrected chi connectivity index (χ2v) is 4.10. The summed E-state index contributed by atoms with van der Waals surface area (Å²) in [6.07, 6.45) is 0. The fraction of sp³-hybridized carbons (Fsp3) is 1.00. The number of rotatable bonds is 0. The average Bonchev–Trinajstić information content (AvgIpc) is 0.722. The van der Waals surface area contributed by atoms with Gasteiger partial charge in [0.05, 0.1) is 0 Å².